The van der Waals surface area contributed by atoms with Crippen molar-refractivity contribution in [1.29, 1.82) is 0 Å². The first kappa shape index (κ1) is 17.5. The monoisotopic (exact) mass is 296 g/mol. The molecule has 0 amide bonds. The summed E-state index contributed by atoms with van der Waals surface area (Å²) in [5.41, 5.74) is -1.10. The third-order valence-corrected chi connectivity index (χ3v) is 2.54. The second-order valence-corrected chi connectivity index (χ2v) is 4.17. The average Bonchev–Trinajstić information content (AvgIpc) is 2.32. The van der Waals surface area contributed by atoms with Crippen molar-refractivity contribution in [1.82, 2.24) is 10.9 Å². The van der Waals surface area contributed by atoms with Gasteiger partial charge in [-0.3, -0.25) is 40.5 Å². The fourth-order valence-electron chi connectivity index (χ4n) is 0.851. The van der Waals surface area contributed by atoms with E-state index < -0.39 is 44.1 Å². The molecule has 0 bridgehead atoms. The Kier molecular flexibility index (Phi) is 5.35. The van der Waals surface area contributed by atoms with Crippen LogP contribution in [0.3, 0.4) is 0 Å². The van der Waals surface area contributed by atoms with E-state index in [1.807, 2.05) is 10.9 Å². The molecule has 0 aromatic carbocycles. The van der Waals surface area contributed by atoms with Gasteiger partial charge in [0.05, 0.1) is 33.5 Å². The van der Waals surface area contributed by atoms with Crippen LogP contribution in [0, 0.1) is 40.5 Å². The molecule has 0 radical (unpaired) electrons. The molecule has 114 valence electrons. The van der Waals surface area contributed by atoms with Crippen LogP contribution in [0.2, 0.25) is 0 Å². The highest BCUT2D eigenvalue weighted by Crippen LogP contribution is 2.09. The van der Waals surface area contributed by atoms with Crippen LogP contribution in [0.15, 0.2) is 0 Å². The SMILES string of the molecule is CC(CNNCC(C)([N+](=O)[O-])[N+](=O)[O-])([N+](=O)[O-])[N+](=O)[O-]. The second kappa shape index (κ2) is 6.11. The van der Waals surface area contributed by atoms with Gasteiger partial charge in [-0.05, 0) is 0 Å². The first-order valence-electron chi connectivity index (χ1n) is 5.02. The molecule has 0 aliphatic heterocycles. The molecule has 2 N–H and O–H groups in total. The Morgan fingerprint density at radius 1 is 0.700 bits per heavy atom. The van der Waals surface area contributed by atoms with Crippen molar-refractivity contribution in [2.24, 2.45) is 0 Å². The van der Waals surface area contributed by atoms with Crippen molar-refractivity contribution in [3.05, 3.63) is 40.5 Å². The number of rotatable bonds is 9. The molecule has 14 heteroatoms. The third kappa shape index (κ3) is 3.51. The summed E-state index contributed by atoms with van der Waals surface area (Å²) < 4.78 is 0. The predicted octanol–water partition coefficient (Wildman–Crippen LogP) is -1.38. The van der Waals surface area contributed by atoms with Gasteiger partial charge in [0.2, 0.25) is 0 Å². The van der Waals surface area contributed by atoms with Crippen LogP contribution in [-0.2, 0) is 0 Å². The maximum atomic E-state index is 10.5. The number of nitro groups is 4. The van der Waals surface area contributed by atoms with Gasteiger partial charge in [-0.25, -0.2) is 10.9 Å². The van der Waals surface area contributed by atoms with E-state index >= 15 is 0 Å². The summed E-state index contributed by atoms with van der Waals surface area (Å²) in [5, 5.41) is 42.2. The van der Waals surface area contributed by atoms with Gasteiger partial charge in [0.1, 0.15) is 0 Å². The van der Waals surface area contributed by atoms with Crippen molar-refractivity contribution in [3.63, 3.8) is 0 Å². The van der Waals surface area contributed by atoms with E-state index in [-0.39, 0.29) is 0 Å². The van der Waals surface area contributed by atoms with Gasteiger partial charge in [-0.1, -0.05) is 0 Å². The summed E-state index contributed by atoms with van der Waals surface area (Å²) in [6, 6.07) is 0. The maximum absolute atomic E-state index is 10.5. The Morgan fingerprint density at radius 2 is 0.900 bits per heavy atom. The maximum Gasteiger partial charge on any atom is 0.469 e. The molecular weight excluding hydrogens is 284 g/mol. The lowest BCUT2D eigenvalue weighted by Crippen LogP contribution is -2.58. The summed E-state index contributed by atoms with van der Waals surface area (Å²) in [6.45, 7) is -0.194. The van der Waals surface area contributed by atoms with Gasteiger partial charge in [0.25, 0.3) is 0 Å². The van der Waals surface area contributed by atoms with Crippen LogP contribution in [0.25, 0.3) is 0 Å². The van der Waals surface area contributed by atoms with Gasteiger partial charge >= 0.3 is 11.3 Å². The fourth-order valence-corrected chi connectivity index (χ4v) is 0.851. The van der Waals surface area contributed by atoms with Crippen LogP contribution >= 0.6 is 0 Å². The van der Waals surface area contributed by atoms with Crippen molar-refractivity contribution in [3.8, 4) is 0 Å². The van der Waals surface area contributed by atoms with Gasteiger partial charge in [0.15, 0.2) is 13.1 Å². The third-order valence-electron chi connectivity index (χ3n) is 2.54. The zero-order valence-corrected chi connectivity index (χ0v) is 10.5. The summed E-state index contributed by atoms with van der Waals surface area (Å²) in [7, 11) is 0. The smallest absolute Gasteiger partial charge is 0.258 e. The van der Waals surface area contributed by atoms with Crippen molar-refractivity contribution in [2.45, 2.75) is 25.2 Å². The summed E-state index contributed by atoms with van der Waals surface area (Å²) in [4.78, 5) is 37.6. The predicted molar refractivity (Wildman–Crippen MR) is 60.8 cm³/mol. The molecule has 14 nitrogen and oxygen atoms in total. The van der Waals surface area contributed by atoms with Crippen LogP contribution in [0.1, 0.15) is 13.8 Å². The van der Waals surface area contributed by atoms with Gasteiger partial charge < -0.3 is 0 Å². The van der Waals surface area contributed by atoms with E-state index in [2.05, 4.69) is 0 Å². The molecule has 0 aliphatic rings. The van der Waals surface area contributed by atoms with E-state index in [1.54, 1.807) is 0 Å². The minimum atomic E-state index is -2.56. The Labute approximate surface area is 110 Å². The molecule has 0 spiro atoms. The number of hydrogen-bond donors (Lipinski definition) is 2. The zero-order chi connectivity index (χ0) is 16.1. The van der Waals surface area contributed by atoms with Crippen LogP contribution in [0.4, 0.5) is 0 Å². The molecule has 0 rings (SSSR count). The van der Waals surface area contributed by atoms with Crippen LogP contribution in [-0.4, -0.2) is 44.1 Å². The van der Waals surface area contributed by atoms with Gasteiger partial charge in [0, 0.05) is 0 Å². The molecular formula is C6H12N6O8. The Bertz CT molecular complexity index is 369. The van der Waals surface area contributed by atoms with Crippen molar-refractivity contribution >= 4 is 0 Å². The lowest BCUT2D eigenvalue weighted by Gasteiger charge is -2.16. The highest BCUT2D eigenvalue weighted by atomic mass is 16.7. The first-order valence-corrected chi connectivity index (χ1v) is 5.02. The zero-order valence-electron chi connectivity index (χ0n) is 10.5. The van der Waals surface area contributed by atoms with E-state index in [4.69, 9.17) is 0 Å². The molecule has 0 heterocycles. The molecule has 20 heavy (non-hydrogen) atoms. The van der Waals surface area contributed by atoms with E-state index in [1.165, 1.54) is 0 Å². The number of hydrogen-bond acceptors (Lipinski definition) is 10. The topological polar surface area (TPSA) is 197 Å². The molecule has 0 saturated heterocycles. The minimum absolute atomic E-state index is 0.724. The molecule has 0 aromatic rings. The molecule has 0 aromatic heterocycles. The Balaban J connectivity index is 4.60. The van der Waals surface area contributed by atoms with Crippen LogP contribution < -0.4 is 10.9 Å². The first-order chi connectivity index (χ1) is 8.98. The molecule has 0 atom stereocenters. The molecule has 0 unspecified atom stereocenters. The minimum Gasteiger partial charge on any atom is -0.258 e. The number of hydrazine groups is 1. The molecule has 0 saturated carbocycles. The lowest BCUT2D eigenvalue weighted by atomic mass is 10.2. The number of nitrogens with zero attached hydrogens (tertiary/aromatic N) is 4. The molecule has 0 aliphatic carbocycles. The lowest BCUT2D eigenvalue weighted by molar-refractivity contribution is -0.791. The largest absolute Gasteiger partial charge is 0.469 e. The summed E-state index contributed by atoms with van der Waals surface area (Å²) in [5.74, 6) is 0. The van der Waals surface area contributed by atoms with E-state index in [9.17, 15) is 40.5 Å². The fraction of sp³-hybridized carbons (Fsp3) is 1.00. The quantitative estimate of drug-likeness (QED) is 0.221. The summed E-state index contributed by atoms with van der Waals surface area (Å²) >= 11 is 0. The Morgan fingerprint density at radius 3 is 1.05 bits per heavy atom. The van der Waals surface area contributed by atoms with E-state index in [0.717, 1.165) is 13.8 Å². The van der Waals surface area contributed by atoms with Gasteiger partial charge in [-0.2, -0.15) is 0 Å². The highest BCUT2D eigenvalue weighted by molar-refractivity contribution is 4.66. The normalized spacial score (nSPS) is 11.9. The second-order valence-electron chi connectivity index (χ2n) is 4.17. The van der Waals surface area contributed by atoms with Crippen LogP contribution in [0.5, 0.6) is 0 Å². The standard InChI is InChI=1S/C6H12N6O8/c1-5(9(13)14,10(15)16)3-7-8-4-6(2,11(17)18)12(19)20/h7-8H,3-4H2,1-2H3. The highest BCUT2D eigenvalue weighted by Gasteiger charge is 2.52. The van der Waals surface area contributed by atoms with Gasteiger partial charge in [-0.15, -0.1) is 0 Å². The Hall–Kier alpha value is -2.48. The summed E-state index contributed by atoms with van der Waals surface area (Å²) in [6.07, 6.45) is 0. The molecule has 0 fully saturated rings. The average molecular weight is 296 g/mol. The van der Waals surface area contributed by atoms with Crippen molar-refractivity contribution < 1.29 is 19.7 Å². The van der Waals surface area contributed by atoms with E-state index in [0.29, 0.717) is 0 Å². The number of nitrogens with one attached hydrogen (secondary N) is 2. The van der Waals surface area contributed by atoms with Crippen molar-refractivity contribution in [2.75, 3.05) is 13.1 Å².